The van der Waals surface area contributed by atoms with Gasteiger partial charge in [-0.2, -0.15) is 10.2 Å². The van der Waals surface area contributed by atoms with Gasteiger partial charge in [-0.05, 0) is 48.7 Å². The van der Waals surface area contributed by atoms with E-state index in [1.54, 1.807) is 37.2 Å². The number of rotatable bonds is 6. The highest BCUT2D eigenvalue weighted by Crippen LogP contribution is 2.36. The minimum Gasteiger partial charge on any atom is -0.494 e. The summed E-state index contributed by atoms with van der Waals surface area (Å²) >= 11 is 1.42. The van der Waals surface area contributed by atoms with Crippen LogP contribution in [0.1, 0.15) is 18.6 Å². The third-order valence-corrected chi connectivity index (χ3v) is 5.15. The molecule has 0 saturated heterocycles. The fourth-order valence-corrected chi connectivity index (χ4v) is 3.60. The van der Waals surface area contributed by atoms with Crippen molar-refractivity contribution in [2.24, 2.45) is 7.05 Å². The van der Waals surface area contributed by atoms with Crippen molar-refractivity contribution < 1.29 is 9.84 Å². The van der Waals surface area contributed by atoms with Crippen molar-refractivity contribution in [1.82, 2.24) is 24.5 Å². The van der Waals surface area contributed by atoms with Gasteiger partial charge < -0.3 is 14.6 Å². The highest BCUT2D eigenvalue weighted by Gasteiger charge is 2.13. The fourth-order valence-electron chi connectivity index (χ4n) is 2.93. The lowest BCUT2D eigenvalue weighted by molar-refractivity contribution is 0.199. The van der Waals surface area contributed by atoms with Crippen LogP contribution in [0, 0.1) is 0 Å². The van der Waals surface area contributed by atoms with Gasteiger partial charge in [0.2, 0.25) is 0 Å². The Balaban J connectivity index is 1.58. The second-order valence-corrected chi connectivity index (χ2v) is 7.18. The van der Waals surface area contributed by atoms with Crippen molar-refractivity contribution in [2.45, 2.75) is 17.9 Å². The maximum absolute atomic E-state index is 9.76. The molecule has 1 atom stereocenters. The second kappa shape index (κ2) is 7.53. The maximum Gasteiger partial charge on any atom is 0.153 e. The maximum atomic E-state index is 9.76. The zero-order chi connectivity index (χ0) is 19.7. The molecule has 3 heterocycles. The van der Waals surface area contributed by atoms with Crippen LogP contribution in [0.4, 0.5) is 5.69 Å². The molecule has 4 aromatic rings. The smallest absolute Gasteiger partial charge is 0.153 e. The number of aliphatic hydroxyl groups excluding tert-OH is 1. The molecule has 0 aliphatic heterocycles. The molecule has 0 saturated carbocycles. The van der Waals surface area contributed by atoms with Gasteiger partial charge in [0.15, 0.2) is 5.82 Å². The van der Waals surface area contributed by atoms with Gasteiger partial charge in [-0.15, -0.1) is 0 Å². The summed E-state index contributed by atoms with van der Waals surface area (Å²) in [6.45, 7) is 1.72. The first-order valence-electron chi connectivity index (χ1n) is 8.67. The van der Waals surface area contributed by atoms with E-state index in [-0.39, 0.29) is 0 Å². The molecular weight excluding hydrogens is 376 g/mol. The molecule has 0 fully saturated rings. The van der Waals surface area contributed by atoms with Crippen LogP contribution >= 0.6 is 11.9 Å². The Morgan fingerprint density at radius 3 is 2.86 bits per heavy atom. The van der Waals surface area contributed by atoms with E-state index in [9.17, 15) is 5.11 Å². The summed E-state index contributed by atoms with van der Waals surface area (Å²) in [5, 5.41) is 19.5. The lowest BCUT2D eigenvalue weighted by atomic mass is 10.2. The molecule has 3 aromatic heterocycles. The summed E-state index contributed by atoms with van der Waals surface area (Å²) in [5.74, 6) is 1.39. The first-order valence-corrected chi connectivity index (χ1v) is 9.49. The SMILES string of the molecule is COc1ccc2cnn(C)c2c1NSc1cnn(-c2cc(C(C)O)ccn2)c1. The van der Waals surface area contributed by atoms with E-state index >= 15 is 0 Å². The van der Waals surface area contributed by atoms with Gasteiger partial charge >= 0.3 is 0 Å². The first-order chi connectivity index (χ1) is 13.6. The Morgan fingerprint density at radius 1 is 1.21 bits per heavy atom. The number of aromatic nitrogens is 5. The van der Waals surface area contributed by atoms with Crippen molar-refractivity contribution in [3.63, 3.8) is 0 Å². The lowest BCUT2D eigenvalue weighted by Gasteiger charge is -2.12. The number of nitrogens with zero attached hydrogens (tertiary/aromatic N) is 5. The molecule has 2 N–H and O–H groups in total. The average Bonchev–Trinajstić information content (AvgIpc) is 3.33. The van der Waals surface area contributed by atoms with Gasteiger partial charge in [0.05, 0.1) is 36.0 Å². The number of hydrogen-bond donors (Lipinski definition) is 2. The average molecular weight is 396 g/mol. The summed E-state index contributed by atoms with van der Waals surface area (Å²) in [4.78, 5) is 5.23. The quantitative estimate of drug-likeness (QED) is 0.483. The van der Waals surface area contributed by atoms with Crippen molar-refractivity contribution >= 4 is 28.5 Å². The molecule has 8 nitrogen and oxygen atoms in total. The molecule has 0 bridgehead atoms. The largest absolute Gasteiger partial charge is 0.494 e. The van der Waals surface area contributed by atoms with E-state index in [0.29, 0.717) is 5.82 Å². The molecule has 1 unspecified atom stereocenters. The van der Waals surface area contributed by atoms with Crippen LogP contribution in [-0.4, -0.2) is 36.8 Å². The van der Waals surface area contributed by atoms with E-state index in [4.69, 9.17) is 4.74 Å². The predicted octanol–water partition coefficient (Wildman–Crippen LogP) is 3.34. The van der Waals surface area contributed by atoms with Crippen molar-refractivity contribution in [2.75, 3.05) is 11.8 Å². The predicted molar refractivity (Wildman–Crippen MR) is 109 cm³/mol. The number of benzene rings is 1. The monoisotopic (exact) mass is 396 g/mol. The number of hydrogen-bond acceptors (Lipinski definition) is 7. The molecule has 144 valence electrons. The van der Waals surface area contributed by atoms with E-state index in [1.807, 2.05) is 42.3 Å². The minimum absolute atomic E-state index is 0.556. The summed E-state index contributed by atoms with van der Waals surface area (Å²) < 4.78 is 12.4. The molecule has 1 aromatic carbocycles. The Kier molecular flexibility index (Phi) is 4.93. The van der Waals surface area contributed by atoms with Gasteiger partial charge in [-0.1, -0.05) is 0 Å². The Hall–Kier alpha value is -3.04. The molecule has 0 aliphatic rings. The molecule has 0 amide bonds. The van der Waals surface area contributed by atoms with E-state index in [2.05, 4.69) is 19.9 Å². The number of fused-ring (bicyclic) bond motifs is 1. The second-order valence-electron chi connectivity index (χ2n) is 6.30. The Morgan fingerprint density at radius 2 is 2.07 bits per heavy atom. The van der Waals surface area contributed by atoms with E-state index in [1.165, 1.54) is 11.9 Å². The number of ether oxygens (including phenoxy) is 1. The summed E-state index contributed by atoms with van der Waals surface area (Å²) in [5.41, 5.74) is 2.61. The normalized spacial score (nSPS) is 12.3. The molecular formula is C19H20N6O2S. The van der Waals surface area contributed by atoms with Crippen LogP contribution in [0.5, 0.6) is 5.75 Å². The molecule has 0 aliphatic carbocycles. The number of nitrogens with one attached hydrogen (secondary N) is 1. The van der Waals surface area contributed by atoms with Gasteiger partial charge in [-0.25, -0.2) is 9.67 Å². The molecule has 9 heteroatoms. The molecule has 4 rings (SSSR count). The number of pyridine rings is 1. The number of aryl methyl sites for hydroxylation is 1. The molecule has 0 spiro atoms. The summed E-state index contributed by atoms with van der Waals surface area (Å²) in [7, 11) is 3.54. The van der Waals surface area contributed by atoms with Gasteiger partial charge in [-0.3, -0.25) is 4.68 Å². The summed E-state index contributed by atoms with van der Waals surface area (Å²) in [6.07, 6.45) is 6.56. The van der Waals surface area contributed by atoms with Crippen LogP contribution in [0.2, 0.25) is 0 Å². The van der Waals surface area contributed by atoms with Crippen molar-refractivity contribution in [1.29, 1.82) is 0 Å². The highest BCUT2D eigenvalue weighted by molar-refractivity contribution is 8.00. The number of anilines is 1. The van der Waals surface area contributed by atoms with Crippen LogP contribution in [0.25, 0.3) is 16.7 Å². The Labute approximate surface area is 166 Å². The molecule has 0 radical (unpaired) electrons. The Bertz CT molecular complexity index is 1120. The lowest BCUT2D eigenvalue weighted by Crippen LogP contribution is -2.00. The van der Waals surface area contributed by atoms with Gasteiger partial charge in [0, 0.05) is 24.8 Å². The van der Waals surface area contributed by atoms with E-state index in [0.717, 1.165) is 32.8 Å². The van der Waals surface area contributed by atoms with Crippen LogP contribution < -0.4 is 9.46 Å². The first kappa shape index (κ1) is 18.3. The topological polar surface area (TPSA) is 90.0 Å². The fraction of sp³-hybridized carbons (Fsp3) is 0.211. The van der Waals surface area contributed by atoms with Crippen LogP contribution in [0.15, 0.2) is 53.9 Å². The van der Waals surface area contributed by atoms with Crippen molar-refractivity contribution in [3.8, 4) is 11.6 Å². The molecule has 28 heavy (non-hydrogen) atoms. The zero-order valence-electron chi connectivity index (χ0n) is 15.7. The number of aliphatic hydroxyl groups is 1. The van der Waals surface area contributed by atoms with Crippen LogP contribution in [0.3, 0.4) is 0 Å². The third kappa shape index (κ3) is 3.41. The van der Waals surface area contributed by atoms with Crippen LogP contribution in [-0.2, 0) is 7.05 Å². The third-order valence-electron chi connectivity index (χ3n) is 4.40. The van der Waals surface area contributed by atoms with Gasteiger partial charge in [0.25, 0.3) is 0 Å². The summed E-state index contributed by atoms with van der Waals surface area (Å²) in [6, 6.07) is 7.51. The van der Waals surface area contributed by atoms with Crippen molar-refractivity contribution in [3.05, 3.63) is 54.6 Å². The number of methoxy groups -OCH3 is 1. The highest BCUT2D eigenvalue weighted by atomic mass is 32.2. The minimum atomic E-state index is -0.556. The standard InChI is InChI=1S/C19H20N6O2S/c1-12(26)13-6-7-20-17(8-13)25-11-15(10-22-25)28-23-18-16(27-3)5-4-14-9-21-24(2)19(14)18/h4-12,23,26H,1-3H3. The van der Waals surface area contributed by atoms with Gasteiger partial charge in [0.1, 0.15) is 11.4 Å². The van der Waals surface area contributed by atoms with E-state index < -0.39 is 6.10 Å². The zero-order valence-corrected chi connectivity index (χ0v) is 16.5.